The number of carbonyl (C=O) groups is 1. The fraction of sp³-hybridized carbons (Fsp3) is 0.276. The van der Waals surface area contributed by atoms with Gasteiger partial charge in [-0.3, -0.25) is 4.72 Å². The Hall–Kier alpha value is -3.58. The van der Waals surface area contributed by atoms with Crippen LogP contribution in [0, 0.1) is 5.41 Å². The molecule has 1 aliphatic heterocycles. The minimum absolute atomic E-state index is 0.0381. The van der Waals surface area contributed by atoms with Gasteiger partial charge in [0.1, 0.15) is 6.61 Å². The number of hydrogen-bond acceptors (Lipinski definition) is 4. The molecule has 2 aliphatic rings. The van der Waals surface area contributed by atoms with Gasteiger partial charge in [0.15, 0.2) is 0 Å². The maximum Gasteiger partial charge on any atom is 0.410 e. The molecule has 0 radical (unpaired) electrons. The van der Waals surface area contributed by atoms with E-state index in [1.165, 1.54) is 11.1 Å². The van der Waals surface area contributed by atoms with Crippen LogP contribution in [0.2, 0.25) is 0 Å². The molecule has 0 unspecified atom stereocenters. The van der Waals surface area contributed by atoms with E-state index >= 15 is 0 Å². The van der Waals surface area contributed by atoms with E-state index in [9.17, 15) is 13.2 Å². The number of sulfonamides is 1. The summed E-state index contributed by atoms with van der Waals surface area (Å²) >= 11 is 0. The van der Waals surface area contributed by atoms with Crippen molar-refractivity contribution in [3.8, 4) is 0 Å². The van der Waals surface area contributed by atoms with Crippen molar-refractivity contribution in [3.63, 3.8) is 0 Å². The van der Waals surface area contributed by atoms with E-state index in [0.717, 1.165) is 42.2 Å². The lowest BCUT2D eigenvalue weighted by atomic mass is 9.67. The monoisotopic (exact) mass is 502 g/mol. The van der Waals surface area contributed by atoms with Crippen molar-refractivity contribution < 1.29 is 17.9 Å². The van der Waals surface area contributed by atoms with E-state index in [1.807, 2.05) is 47.4 Å². The number of amides is 1. The van der Waals surface area contributed by atoms with Gasteiger partial charge in [-0.05, 0) is 64.6 Å². The van der Waals surface area contributed by atoms with Gasteiger partial charge >= 0.3 is 6.09 Å². The Morgan fingerprint density at radius 2 is 1.61 bits per heavy atom. The molecule has 7 heteroatoms. The number of ether oxygens (including phenoxy) is 1. The highest BCUT2D eigenvalue weighted by Crippen LogP contribution is 2.45. The zero-order chi connectivity index (χ0) is 25.2. The normalized spacial score (nSPS) is 16.7. The molecule has 186 valence electrons. The Balaban J connectivity index is 1.33. The number of likely N-dealkylation sites (tertiary alicyclic amines) is 1. The lowest BCUT2D eigenvalue weighted by molar-refractivity contribution is 0.0722. The minimum atomic E-state index is -3.33. The summed E-state index contributed by atoms with van der Waals surface area (Å²) in [6.45, 7) is 1.58. The minimum Gasteiger partial charge on any atom is -0.445 e. The first-order chi connectivity index (χ1) is 17.3. The predicted molar refractivity (Wildman–Crippen MR) is 142 cm³/mol. The first-order valence-corrected chi connectivity index (χ1v) is 14.0. The van der Waals surface area contributed by atoms with Crippen LogP contribution in [-0.2, 0) is 27.8 Å². The highest BCUT2D eigenvalue weighted by molar-refractivity contribution is 7.92. The number of allylic oxidation sites excluding steroid dienone is 1. The predicted octanol–water partition coefficient (Wildman–Crippen LogP) is 5.46. The highest BCUT2D eigenvalue weighted by Gasteiger charge is 2.38. The first kappa shape index (κ1) is 24.1. The topological polar surface area (TPSA) is 75.7 Å². The van der Waals surface area contributed by atoms with Gasteiger partial charge < -0.3 is 9.64 Å². The zero-order valence-corrected chi connectivity index (χ0v) is 21.1. The second kappa shape index (κ2) is 9.82. The lowest BCUT2D eigenvalue weighted by Gasteiger charge is -2.43. The van der Waals surface area contributed by atoms with Crippen LogP contribution in [0.3, 0.4) is 0 Å². The number of piperidine rings is 1. The van der Waals surface area contributed by atoms with Crippen molar-refractivity contribution in [2.45, 2.75) is 25.9 Å². The van der Waals surface area contributed by atoms with Crippen LogP contribution in [0.4, 0.5) is 10.5 Å². The number of anilines is 1. The fourth-order valence-electron chi connectivity index (χ4n) is 5.19. The van der Waals surface area contributed by atoms with E-state index in [1.54, 1.807) is 12.1 Å². The molecule has 0 atom stereocenters. The SMILES string of the molecule is CS(=O)(=O)Nc1ccc(C2=CC3(CCN(C(=O)OCc4ccccc4)CC3)Cc3ccccc32)cc1. The molecular formula is C29H30N2O4S. The molecule has 0 bridgehead atoms. The molecule has 1 saturated heterocycles. The molecule has 1 amide bonds. The second-order valence-electron chi connectivity index (χ2n) is 9.73. The van der Waals surface area contributed by atoms with Gasteiger partial charge in [0.25, 0.3) is 0 Å². The van der Waals surface area contributed by atoms with Crippen LogP contribution in [0.1, 0.15) is 35.1 Å². The van der Waals surface area contributed by atoms with E-state index in [-0.39, 0.29) is 18.1 Å². The smallest absolute Gasteiger partial charge is 0.410 e. The molecule has 36 heavy (non-hydrogen) atoms. The van der Waals surface area contributed by atoms with Gasteiger partial charge in [0, 0.05) is 18.8 Å². The van der Waals surface area contributed by atoms with Gasteiger partial charge in [0.2, 0.25) is 10.0 Å². The Labute approximate surface area is 212 Å². The third kappa shape index (κ3) is 5.46. The largest absolute Gasteiger partial charge is 0.445 e. The molecular weight excluding hydrogens is 472 g/mol. The maximum atomic E-state index is 12.7. The van der Waals surface area contributed by atoms with Gasteiger partial charge in [-0.2, -0.15) is 0 Å². The third-order valence-corrected chi connectivity index (χ3v) is 7.63. The number of fused-ring (bicyclic) bond motifs is 1. The summed E-state index contributed by atoms with van der Waals surface area (Å²) in [5.74, 6) is 0. The molecule has 6 nitrogen and oxygen atoms in total. The third-order valence-electron chi connectivity index (χ3n) is 7.02. The number of hydrogen-bond donors (Lipinski definition) is 1. The van der Waals surface area contributed by atoms with Crippen molar-refractivity contribution in [2.75, 3.05) is 24.1 Å². The summed E-state index contributed by atoms with van der Waals surface area (Å²) in [5, 5.41) is 0. The molecule has 1 aliphatic carbocycles. The summed E-state index contributed by atoms with van der Waals surface area (Å²) in [6.07, 6.45) is 5.92. The van der Waals surface area contributed by atoms with Gasteiger partial charge in [-0.1, -0.05) is 72.8 Å². The number of benzene rings is 3. The van der Waals surface area contributed by atoms with Crippen LogP contribution in [0.15, 0.2) is 84.9 Å². The Morgan fingerprint density at radius 1 is 0.944 bits per heavy atom. The van der Waals surface area contributed by atoms with Crippen molar-refractivity contribution >= 4 is 27.4 Å². The van der Waals surface area contributed by atoms with Crippen molar-refractivity contribution in [3.05, 3.63) is 107 Å². The molecule has 1 spiro atoms. The van der Waals surface area contributed by atoms with Crippen molar-refractivity contribution in [2.24, 2.45) is 5.41 Å². The summed E-state index contributed by atoms with van der Waals surface area (Å²) < 4.78 is 31.2. The molecule has 0 saturated carbocycles. The van der Waals surface area contributed by atoms with Crippen LogP contribution in [0.25, 0.3) is 5.57 Å². The number of carbonyl (C=O) groups excluding carboxylic acids is 1. The molecule has 3 aromatic rings. The molecule has 5 rings (SSSR count). The maximum absolute atomic E-state index is 12.7. The molecule has 1 N–H and O–H groups in total. The summed E-state index contributed by atoms with van der Waals surface area (Å²) in [7, 11) is -3.33. The fourth-order valence-corrected chi connectivity index (χ4v) is 5.75. The summed E-state index contributed by atoms with van der Waals surface area (Å²) in [6, 6.07) is 25.7. The van der Waals surface area contributed by atoms with Crippen LogP contribution in [-0.4, -0.2) is 38.8 Å². The van der Waals surface area contributed by atoms with Crippen LogP contribution in [0.5, 0.6) is 0 Å². The molecule has 1 heterocycles. The Morgan fingerprint density at radius 3 is 2.31 bits per heavy atom. The zero-order valence-electron chi connectivity index (χ0n) is 20.3. The van der Waals surface area contributed by atoms with E-state index in [2.05, 4.69) is 35.1 Å². The summed E-state index contributed by atoms with van der Waals surface area (Å²) in [5.41, 5.74) is 6.19. The van der Waals surface area contributed by atoms with E-state index in [4.69, 9.17) is 4.74 Å². The molecule has 3 aromatic carbocycles. The molecule has 1 fully saturated rings. The van der Waals surface area contributed by atoms with Crippen LogP contribution >= 0.6 is 0 Å². The molecule has 0 aromatic heterocycles. The van der Waals surface area contributed by atoms with E-state index < -0.39 is 10.0 Å². The first-order valence-electron chi connectivity index (χ1n) is 12.2. The Bertz CT molecular complexity index is 1370. The lowest BCUT2D eigenvalue weighted by Crippen LogP contribution is -2.44. The number of nitrogens with one attached hydrogen (secondary N) is 1. The summed E-state index contributed by atoms with van der Waals surface area (Å²) in [4.78, 5) is 14.5. The van der Waals surface area contributed by atoms with Gasteiger partial charge in [0.05, 0.1) is 6.26 Å². The second-order valence-corrected chi connectivity index (χ2v) is 11.5. The highest BCUT2D eigenvalue weighted by atomic mass is 32.2. The number of nitrogens with zero attached hydrogens (tertiary/aromatic N) is 1. The Kier molecular flexibility index (Phi) is 6.58. The standard InChI is InChI=1S/C29H30N2O4S/c1-36(33,34)30-25-13-11-23(12-14-25)27-20-29(19-24-9-5-6-10-26(24)27)15-17-31(18-16-29)28(32)35-21-22-7-3-2-4-8-22/h2-14,20,30H,15-19,21H2,1H3. The average Bonchev–Trinajstić information content (AvgIpc) is 2.87. The van der Waals surface area contributed by atoms with Gasteiger partial charge in [-0.15, -0.1) is 0 Å². The van der Waals surface area contributed by atoms with Gasteiger partial charge in [-0.25, -0.2) is 13.2 Å². The van der Waals surface area contributed by atoms with Crippen molar-refractivity contribution in [1.29, 1.82) is 0 Å². The van der Waals surface area contributed by atoms with Crippen molar-refractivity contribution in [1.82, 2.24) is 4.90 Å². The number of rotatable bonds is 5. The van der Waals surface area contributed by atoms with E-state index in [0.29, 0.717) is 18.8 Å². The average molecular weight is 503 g/mol. The quantitative estimate of drug-likeness (QED) is 0.502. The van der Waals surface area contributed by atoms with Crippen LogP contribution < -0.4 is 4.72 Å².